The zero-order valence-electron chi connectivity index (χ0n) is 15.0. The number of carbonyl (C=O) groups is 2. The molecule has 4 rings (SSSR count). The predicted molar refractivity (Wildman–Crippen MR) is 109 cm³/mol. The van der Waals surface area contributed by atoms with E-state index in [4.69, 9.17) is 11.6 Å². The van der Waals surface area contributed by atoms with Crippen molar-refractivity contribution < 1.29 is 14.7 Å². The maximum Gasteiger partial charge on any atom is 0.261 e. The molecule has 28 heavy (non-hydrogen) atoms. The van der Waals surface area contributed by atoms with Gasteiger partial charge in [-0.2, -0.15) is 0 Å². The lowest BCUT2D eigenvalue weighted by Crippen LogP contribution is -2.42. The Balaban J connectivity index is 1.56. The lowest BCUT2D eigenvalue weighted by atomic mass is 10.0. The molecule has 0 spiro atoms. The zero-order valence-corrected chi connectivity index (χ0v) is 15.8. The van der Waals surface area contributed by atoms with Gasteiger partial charge in [-0.05, 0) is 41.3 Å². The molecule has 3 aromatic rings. The largest absolute Gasteiger partial charge is 0.508 e. The Morgan fingerprint density at radius 3 is 2.14 bits per heavy atom. The Hall–Kier alpha value is -3.11. The lowest BCUT2D eigenvalue weighted by Gasteiger charge is -2.24. The zero-order chi connectivity index (χ0) is 19.7. The van der Waals surface area contributed by atoms with Crippen molar-refractivity contribution in [1.29, 1.82) is 0 Å². The van der Waals surface area contributed by atoms with E-state index in [2.05, 4.69) is 0 Å². The number of hydrogen-bond acceptors (Lipinski definition) is 3. The Kier molecular flexibility index (Phi) is 4.88. The van der Waals surface area contributed by atoms with Crippen LogP contribution < -0.4 is 0 Å². The predicted octanol–water partition coefficient (Wildman–Crippen LogP) is 4.51. The second-order valence-electron chi connectivity index (χ2n) is 6.79. The molecule has 140 valence electrons. The molecule has 3 aromatic carbocycles. The van der Waals surface area contributed by atoms with Crippen LogP contribution in [-0.2, 0) is 6.42 Å². The number of phenolic OH excluding ortho intramolecular Hbond substituents is 1. The standard InChI is InChI=1S/C23H18ClNO3/c24-14-18(25-22(27)20-11-10-19(26)13-21(20)23(25)28)12-15-6-8-17(9-7-15)16-4-2-1-3-5-16/h1-11,13,18,26H,12,14H2/t18-/m0/s1. The van der Waals surface area contributed by atoms with E-state index in [9.17, 15) is 14.7 Å². The lowest BCUT2D eigenvalue weighted by molar-refractivity contribution is 0.0598. The molecule has 0 saturated carbocycles. The number of aromatic hydroxyl groups is 1. The highest BCUT2D eigenvalue weighted by molar-refractivity contribution is 6.23. The smallest absolute Gasteiger partial charge is 0.261 e. The fraction of sp³-hybridized carbons (Fsp3) is 0.130. The molecule has 0 saturated heterocycles. The fourth-order valence-electron chi connectivity index (χ4n) is 3.53. The first kappa shape index (κ1) is 18.3. The van der Waals surface area contributed by atoms with Crippen molar-refractivity contribution in [1.82, 2.24) is 4.90 Å². The summed E-state index contributed by atoms with van der Waals surface area (Å²) < 4.78 is 0. The summed E-state index contributed by atoms with van der Waals surface area (Å²) in [5, 5.41) is 9.63. The van der Waals surface area contributed by atoms with Crippen molar-refractivity contribution in [3.8, 4) is 16.9 Å². The minimum Gasteiger partial charge on any atom is -0.508 e. The summed E-state index contributed by atoms with van der Waals surface area (Å²) in [7, 11) is 0. The van der Waals surface area contributed by atoms with Crippen molar-refractivity contribution in [2.75, 3.05) is 5.88 Å². The second-order valence-corrected chi connectivity index (χ2v) is 7.09. The van der Waals surface area contributed by atoms with Crippen LogP contribution in [-0.4, -0.2) is 33.7 Å². The highest BCUT2D eigenvalue weighted by atomic mass is 35.5. The van der Waals surface area contributed by atoms with Crippen LogP contribution in [0.4, 0.5) is 0 Å². The van der Waals surface area contributed by atoms with Crippen LogP contribution in [0.2, 0.25) is 0 Å². The van der Waals surface area contributed by atoms with Gasteiger partial charge >= 0.3 is 0 Å². The van der Waals surface area contributed by atoms with Gasteiger partial charge in [-0.25, -0.2) is 0 Å². The Bertz CT molecular complexity index is 1030. The normalized spacial score (nSPS) is 14.2. The summed E-state index contributed by atoms with van der Waals surface area (Å²) >= 11 is 6.13. The van der Waals surface area contributed by atoms with E-state index in [-0.39, 0.29) is 23.1 Å². The number of carbonyl (C=O) groups excluding carboxylic acids is 2. The molecule has 4 nitrogen and oxygen atoms in total. The molecule has 1 atom stereocenters. The van der Waals surface area contributed by atoms with Crippen LogP contribution in [0.3, 0.4) is 0 Å². The highest BCUT2D eigenvalue weighted by Crippen LogP contribution is 2.29. The number of hydrogen-bond donors (Lipinski definition) is 1. The first-order chi connectivity index (χ1) is 13.6. The van der Waals surface area contributed by atoms with Crippen LogP contribution in [0.15, 0.2) is 72.8 Å². The third kappa shape index (κ3) is 3.27. The molecule has 0 radical (unpaired) electrons. The molecule has 1 aliphatic rings. The van der Waals surface area contributed by atoms with Gasteiger partial charge in [-0.1, -0.05) is 54.6 Å². The molecule has 5 heteroatoms. The number of phenols is 1. The number of alkyl halides is 1. The number of benzene rings is 3. The van der Waals surface area contributed by atoms with Gasteiger partial charge in [0.2, 0.25) is 0 Å². The van der Waals surface area contributed by atoms with E-state index in [1.165, 1.54) is 23.1 Å². The van der Waals surface area contributed by atoms with Crippen molar-refractivity contribution >= 4 is 23.4 Å². The number of nitrogens with zero attached hydrogens (tertiary/aromatic N) is 1. The number of rotatable bonds is 5. The summed E-state index contributed by atoms with van der Waals surface area (Å²) in [5.74, 6) is -0.688. The molecule has 1 N–H and O–H groups in total. The fourth-order valence-corrected chi connectivity index (χ4v) is 3.78. The van der Waals surface area contributed by atoms with Crippen molar-refractivity contribution in [3.63, 3.8) is 0 Å². The molecule has 0 bridgehead atoms. The van der Waals surface area contributed by atoms with Gasteiger partial charge in [0.25, 0.3) is 11.8 Å². The van der Waals surface area contributed by atoms with Crippen LogP contribution in [0.25, 0.3) is 11.1 Å². The third-order valence-electron chi connectivity index (χ3n) is 4.98. The molecular formula is C23H18ClNO3. The maximum atomic E-state index is 12.7. The van der Waals surface area contributed by atoms with Gasteiger partial charge in [0.1, 0.15) is 5.75 Å². The molecule has 1 aliphatic heterocycles. The van der Waals surface area contributed by atoms with Crippen molar-refractivity contribution in [2.24, 2.45) is 0 Å². The van der Waals surface area contributed by atoms with E-state index in [1.807, 2.05) is 54.6 Å². The molecule has 0 aromatic heterocycles. The first-order valence-corrected chi connectivity index (χ1v) is 9.53. The Labute approximate surface area is 168 Å². The van der Waals surface area contributed by atoms with E-state index in [1.54, 1.807) is 0 Å². The average molecular weight is 392 g/mol. The van der Waals surface area contributed by atoms with Crippen LogP contribution >= 0.6 is 11.6 Å². The maximum absolute atomic E-state index is 12.7. The van der Waals surface area contributed by atoms with Crippen LogP contribution in [0.5, 0.6) is 5.75 Å². The van der Waals surface area contributed by atoms with Gasteiger partial charge in [-0.15, -0.1) is 11.6 Å². The van der Waals surface area contributed by atoms with Gasteiger partial charge in [0, 0.05) is 5.88 Å². The van der Waals surface area contributed by atoms with Gasteiger partial charge in [-0.3, -0.25) is 14.5 Å². The minimum atomic E-state index is -0.459. The molecular weight excluding hydrogens is 374 g/mol. The highest BCUT2D eigenvalue weighted by Gasteiger charge is 2.39. The van der Waals surface area contributed by atoms with Crippen LogP contribution in [0.1, 0.15) is 26.3 Å². The SMILES string of the molecule is O=C1c2ccc(O)cc2C(=O)N1[C@H](CCl)Cc1ccc(-c2ccccc2)cc1. The van der Waals surface area contributed by atoms with Crippen LogP contribution in [0, 0.1) is 0 Å². The number of imide groups is 1. The summed E-state index contributed by atoms with van der Waals surface area (Å²) in [5.41, 5.74) is 3.74. The Morgan fingerprint density at radius 1 is 0.821 bits per heavy atom. The van der Waals surface area contributed by atoms with E-state index >= 15 is 0 Å². The summed E-state index contributed by atoms with van der Waals surface area (Å²) in [4.78, 5) is 26.6. The Morgan fingerprint density at radius 2 is 1.46 bits per heavy atom. The summed E-state index contributed by atoms with van der Waals surface area (Å²) in [6.07, 6.45) is 0.468. The summed E-state index contributed by atoms with van der Waals surface area (Å²) in [6.45, 7) is 0. The van der Waals surface area contributed by atoms with Gasteiger partial charge in [0.15, 0.2) is 0 Å². The molecule has 1 heterocycles. The number of halogens is 1. The van der Waals surface area contributed by atoms with Crippen molar-refractivity contribution in [2.45, 2.75) is 12.5 Å². The van der Waals surface area contributed by atoms with Gasteiger partial charge in [0.05, 0.1) is 17.2 Å². The number of amides is 2. The average Bonchev–Trinajstić information content (AvgIpc) is 2.97. The minimum absolute atomic E-state index is 0.0410. The quantitative estimate of drug-likeness (QED) is 0.514. The molecule has 0 fully saturated rings. The van der Waals surface area contributed by atoms with E-state index < -0.39 is 11.9 Å². The molecule has 0 unspecified atom stereocenters. The summed E-state index contributed by atoms with van der Waals surface area (Å²) in [6, 6.07) is 21.8. The van der Waals surface area contributed by atoms with Crippen molar-refractivity contribution in [3.05, 3.63) is 89.5 Å². The first-order valence-electron chi connectivity index (χ1n) is 8.99. The monoisotopic (exact) mass is 391 g/mol. The third-order valence-corrected chi connectivity index (χ3v) is 5.33. The number of fused-ring (bicyclic) bond motifs is 1. The second kappa shape index (κ2) is 7.49. The van der Waals surface area contributed by atoms with E-state index in [0.29, 0.717) is 12.0 Å². The van der Waals surface area contributed by atoms with E-state index in [0.717, 1.165) is 16.7 Å². The topological polar surface area (TPSA) is 57.6 Å². The molecule has 2 amide bonds. The van der Waals surface area contributed by atoms with Gasteiger partial charge < -0.3 is 5.11 Å². The molecule has 0 aliphatic carbocycles.